The molecule has 0 saturated heterocycles. The van der Waals surface area contributed by atoms with Crippen LogP contribution in [0.3, 0.4) is 0 Å². The Bertz CT molecular complexity index is 748. The average molecular weight is 284 g/mol. The van der Waals surface area contributed by atoms with E-state index in [1.165, 1.54) is 36.1 Å². The maximum Gasteiger partial charge on any atom is 0.148 e. The molecule has 1 aliphatic carbocycles. The van der Waals surface area contributed by atoms with Crippen LogP contribution >= 0.6 is 11.3 Å². The number of methoxy groups -OCH3 is 1. The van der Waals surface area contributed by atoms with Crippen molar-refractivity contribution in [1.29, 1.82) is 0 Å². The van der Waals surface area contributed by atoms with Gasteiger partial charge >= 0.3 is 0 Å². The van der Waals surface area contributed by atoms with Crippen molar-refractivity contribution < 1.29 is 4.74 Å². The molecular formula is C16H16N2OS. The SMILES string of the molecule is COc1ccc2nc(-c3cc4c(s3)CCCC4)[nH]c2c1. The van der Waals surface area contributed by atoms with Crippen LogP contribution in [0, 0.1) is 0 Å². The lowest BCUT2D eigenvalue weighted by molar-refractivity contribution is 0.415. The van der Waals surface area contributed by atoms with Gasteiger partial charge in [0.1, 0.15) is 11.6 Å². The highest BCUT2D eigenvalue weighted by atomic mass is 32.1. The maximum atomic E-state index is 5.26. The number of imidazole rings is 1. The molecule has 4 heteroatoms. The minimum absolute atomic E-state index is 0.859. The van der Waals surface area contributed by atoms with Gasteiger partial charge in [-0.1, -0.05) is 0 Å². The number of hydrogen-bond donors (Lipinski definition) is 1. The molecule has 3 nitrogen and oxygen atoms in total. The largest absolute Gasteiger partial charge is 0.497 e. The first-order chi connectivity index (χ1) is 9.83. The first-order valence-electron chi connectivity index (χ1n) is 6.99. The average Bonchev–Trinajstić information content (AvgIpc) is 3.09. The lowest BCUT2D eigenvalue weighted by atomic mass is 9.99. The molecule has 0 unspecified atom stereocenters. The van der Waals surface area contributed by atoms with Crippen molar-refractivity contribution in [3.8, 4) is 16.5 Å². The number of hydrogen-bond acceptors (Lipinski definition) is 3. The standard InChI is InChI=1S/C16H16N2OS/c1-19-11-6-7-12-13(9-11)18-16(17-12)15-8-10-4-2-3-5-14(10)20-15/h6-9H,2-5H2,1H3,(H,17,18). The van der Waals surface area contributed by atoms with Gasteiger partial charge in [-0.05, 0) is 49.4 Å². The fourth-order valence-electron chi connectivity index (χ4n) is 2.84. The van der Waals surface area contributed by atoms with Crippen molar-refractivity contribution in [2.75, 3.05) is 7.11 Å². The minimum atomic E-state index is 0.859. The van der Waals surface area contributed by atoms with E-state index in [0.717, 1.165) is 22.6 Å². The smallest absolute Gasteiger partial charge is 0.148 e. The molecule has 1 aromatic carbocycles. The van der Waals surface area contributed by atoms with E-state index in [1.807, 2.05) is 29.5 Å². The van der Waals surface area contributed by atoms with Crippen LogP contribution in [-0.2, 0) is 12.8 Å². The summed E-state index contributed by atoms with van der Waals surface area (Å²) in [5, 5.41) is 0. The highest BCUT2D eigenvalue weighted by molar-refractivity contribution is 7.15. The van der Waals surface area contributed by atoms with Gasteiger partial charge in [0.05, 0.1) is 23.0 Å². The van der Waals surface area contributed by atoms with E-state index >= 15 is 0 Å². The topological polar surface area (TPSA) is 37.9 Å². The first kappa shape index (κ1) is 12.0. The number of nitrogens with zero attached hydrogens (tertiary/aromatic N) is 1. The van der Waals surface area contributed by atoms with Gasteiger partial charge in [0.25, 0.3) is 0 Å². The third kappa shape index (κ3) is 1.91. The first-order valence-corrected chi connectivity index (χ1v) is 7.81. The molecule has 2 heterocycles. The third-order valence-corrected chi connectivity index (χ3v) is 5.16. The Morgan fingerprint density at radius 3 is 2.95 bits per heavy atom. The number of thiophene rings is 1. The molecule has 2 aromatic heterocycles. The number of benzene rings is 1. The zero-order valence-corrected chi connectivity index (χ0v) is 12.2. The Labute approximate surface area is 121 Å². The summed E-state index contributed by atoms with van der Waals surface area (Å²) in [6.07, 6.45) is 5.10. The van der Waals surface area contributed by atoms with Gasteiger partial charge in [0, 0.05) is 10.9 Å². The van der Waals surface area contributed by atoms with Gasteiger partial charge in [-0.15, -0.1) is 11.3 Å². The second-order valence-corrected chi connectivity index (χ2v) is 6.37. The van der Waals surface area contributed by atoms with E-state index < -0.39 is 0 Å². The Hall–Kier alpha value is -1.81. The molecule has 0 fully saturated rings. The maximum absolute atomic E-state index is 5.26. The van der Waals surface area contributed by atoms with Crippen molar-refractivity contribution in [3.63, 3.8) is 0 Å². The van der Waals surface area contributed by atoms with Crippen LogP contribution in [0.5, 0.6) is 5.75 Å². The van der Waals surface area contributed by atoms with Crippen LogP contribution in [0.1, 0.15) is 23.3 Å². The van der Waals surface area contributed by atoms with Gasteiger partial charge in [0.15, 0.2) is 0 Å². The summed E-state index contributed by atoms with van der Waals surface area (Å²) in [7, 11) is 1.69. The lowest BCUT2D eigenvalue weighted by Gasteiger charge is -2.08. The van der Waals surface area contributed by atoms with Gasteiger partial charge < -0.3 is 9.72 Å². The van der Waals surface area contributed by atoms with Crippen molar-refractivity contribution in [2.24, 2.45) is 0 Å². The van der Waals surface area contributed by atoms with Crippen molar-refractivity contribution in [1.82, 2.24) is 9.97 Å². The molecule has 4 rings (SSSR count). The molecule has 102 valence electrons. The number of aromatic nitrogens is 2. The second-order valence-electron chi connectivity index (χ2n) is 5.23. The normalized spacial score (nSPS) is 14.4. The van der Waals surface area contributed by atoms with Crippen molar-refractivity contribution in [2.45, 2.75) is 25.7 Å². The van der Waals surface area contributed by atoms with Crippen molar-refractivity contribution in [3.05, 3.63) is 34.7 Å². The lowest BCUT2D eigenvalue weighted by Crippen LogP contribution is -1.96. The summed E-state index contributed by atoms with van der Waals surface area (Å²) in [5.74, 6) is 1.84. The van der Waals surface area contributed by atoms with Crippen LogP contribution in [0.15, 0.2) is 24.3 Å². The molecule has 0 spiro atoms. The fourth-order valence-corrected chi connectivity index (χ4v) is 4.04. The van der Waals surface area contributed by atoms with Gasteiger partial charge in [-0.2, -0.15) is 0 Å². The third-order valence-electron chi connectivity index (χ3n) is 3.92. The van der Waals surface area contributed by atoms with E-state index in [1.54, 1.807) is 12.0 Å². The Morgan fingerprint density at radius 1 is 1.20 bits per heavy atom. The number of fused-ring (bicyclic) bond motifs is 2. The number of rotatable bonds is 2. The number of aromatic amines is 1. The highest BCUT2D eigenvalue weighted by Gasteiger charge is 2.16. The molecular weight excluding hydrogens is 268 g/mol. The molecule has 0 radical (unpaired) electrons. The van der Waals surface area contributed by atoms with E-state index in [9.17, 15) is 0 Å². The number of nitrogens with one attached hydrogen (secondary N) is 1. The van der Waals surface area contributed by atoms with Crippen LogP contribution < -0.4 is 4.74 Å². The molecule has 1 N–H and O–H groups in total. The summed E-state index contributed by atoms with van der Waals surface area (Å²) in [6.45, 7) is 0. The van der Waals surface area contributed by atoms with E-state index in [-0.39, 0.29) is 0 Å². The number of ether oxygens (including phenoxy) is 1. The summed E-state index contributed by atoms with van der Waals surface area (Å²) >= 11 is 1.89. The molecule has 20 heavy (non-hydrogen) atoms. The number of H-pyrrole nitrogens is 1. The zero-order chi connectivity index (χ0) is 13.5. The highest BCUT2D eigenvalue weighted by Crippen LogP contribution is 2.35. The molecule has 1 aliphatic rings. The minimum Gasteiger partial charge on any atom is -0.497 e. The number of aryl methyl sites for hydroxylation is 2. The Balaban J connectivity index is 1.79. The van der Waals surface area contributed by atoms with Crippen molar-refractivity contribution >= 4 is 22.4 Å². The van der Waals surface area contributed by atoms with E-state index in [4.69, 9.17) is 9.72 Å². The predicted octanol–water partition coefficient (Wildman–Crippen LogP) is 4.18. The Kier molecular flexibility index (Phi) is 2.77. The van der Waals surface area contributed by atoms with E-state index in [0.29, 0.717) is 0 Å². The predicted molar refractivity (Wildman–Crippen MR) is 82.6 cm³/mol. The van der Waals surface area contributed by atoms with E-state index in [2.05, 4.69) is 11.1 Å². The summed E-state index contributed by atoms with van der Waals surface area (Å²) in [4.78, 5) is 10.9. The van der Waals surface area contributed by atoms with Crippen LogP contribution in [-0.4, -0.2) is 17.1 Å². The van der Waals surface area contributed by atoms with Gasteiger partial charge in [-0.25, -0.2) is 4.98 Å². The molecule has 0 saturated carbocycles. The molecule has 0 amide bonds. The molecule has 0 atom stereocenters. The summed E-state index contributed by atoms with van der Waals surface area (Å²) < 4.78 is 5.26. The monoisotopic (exact) mass is 284 g/mol. The molecule has 0 aliphatic heterocycles. The Morgan fingerprint density at radius 2 is 2.10 bits per heavy atom. The fraction of sp³-hybridized carbons (Fsp3) is 0.312. The van der Waals surface area contributed by atoms with Gasteiger partial charge in [0.2, 0.25) is 0 Å². The van der Waals surface area contributed by atoms with Gasteiger partial charge in [-0.3, -0.25) is 0 Å². The molecule has 3 aromatic rings. The summed E-state index contributed by atoms with van der Waals surface area (Å²) in [5.41, 5.74) is 3.55. The van der Waals surface area contributed by atoms with Crippen LogP contribution in [0.4, 0.5) is 0 Å². The van der Waals surface area contributed by atoms with Crippen LogP contribution in [0.25, 0.3) is 21.7 Å². The quantitative estimate of drug-likeness (QED) is 0.766. The van der Waals surface area contributed by atoms with Crippen LogP contribution in [0.2, 0.25) is 0 Å². The second kappa shape index (κ2) is 4.63. The summed E-state index contributed by atoms with van der Waals surface area (Å²) in [6, 6.07) is 8.27. The zero-order valence-electron chi connectivity index (χ0n) is 11.4. The molecule has 0 bridgehead atoms.